The monoisotopic (exact) mass is 190 g/mol. The Morgan fingerprint density at radius 3 is 2.46 bits per heavy atom. The molecule has 76 valence electrons. The van der Waals surface area contributed by atoms with Crippen molar-refractivity contribution < 1.29 is 24.4 Å². The summed E-state index contributed by atoms with van der Waals surface area (Å²) < 4.78 is 15.9. The molecule has 2 rings (SSSR count). The maximum absolute atomic E-state index is 9.39. The lowest BCUT2D eigenvalue weighted by atomic mass is 10.1. The molecule has 0 aromatic rings. The Bertz CT molecular complexity index is 205. The minimum Gasteiger partial charge on any atom is -0.394 e. The normalized spacial score (nSPS) is 48.0. The topological polar surface area (TPSA) is 68.2 Å². The molecule has 13 heavy (non-hydrogen) atoms. The quantitative estimate of drug-likeness (QED) is 0.567. The van der Waals surface area contributed by atoms with Gasteiger partial charge in [-0.05, 0) is 13.8 Å². The van der Waals surface area contributed by atoms with Gasteiger partial charge in [0.2, 0.25) is 0 Å². The van der Waals surface area contributed by atoms with Crippen molar-refractivity contribution in [2.75, 3.05) is 6.61 Å². The third-order valence-corrected chi connectivity index (χ3v) is 2.31. The van der Waals surface area contributed by atoms with E-state index in [-0.39, 0.29) is 12.7 Å². The van der Waals surface area contributed by atoms with E-state index >= 15 is 0 Å². The Kier molecular flexibility index (Phi) is 2.08. The number of aliphatic hydroxyl groups is 2. The van der Waals surface area contributed by atoms with Gasteiger partial charge in [0, 0.05) is 0 Å². The number of hydrogen-bond acceptors (Lipinski definition) is 5. The second-order valence-electron chi connectivity index (χ2n) is 3.81. The molecular formula is C8H14O5. The van der Waals surface area contributed by atoms with Gasteiger partial charge in [-0.1, -0.05) is 0 Å². The second-order valence-corrected chi connectivity index (χ2v) is 3.81. The van der Waals surface area contributed by atoms with Crippen molar-refractivity contribution >= 4 is 0 Å². The number of hydrogen-bond donors (Lipinski definition) is 2. The van der Waals surface area contributed by atoms with Crippen LogP contribution in [0.15, 0.2) is 0 Å². The zero-order valence-corrected chi connectivity index (χ0v) is 7.64. The van der Waals surface area contributed by atoms with Gasteiger partial charge in [-0.3, -0.25) is 0 Å². The standard InChI is InChI=1S/C8H14O5/c1-8(2)12-5-4(3-9)11-7(10)6(5)13-8/h4-7,9-10H,3H2,1-2H3/t4-,5?,6-,7?/m1/s1. The zero-order chi connectivity index (χ0) is 9.64. The average Bonchev–Trinajstić information content (AvgIpc) is 2.47. The van der Waals surface area contributed by atoms with Crippen LogP contribution in [-0.4, -0.2) is 47.2 Å². The Balaban J connectivity index is 2.12. The van der Waals surface area contributed by atoms with E-state index in [1.165, 1.54) is 0 Å². The molecule has 2 heterocycles. The highest BCUT2D eigenvalue weighted by molar-refractivity contribution is 4.94. The van der Waals surface area contributed by atoms with Gasteiger partial charge in [-0.15, -0.1) is 0 Å². The Morgan fingerprint density at radius 2 is 1.85 bits per heavy atom. The molecule has 0 aromatic heterocycles. The minimum absolute atomic E-state index is 0.169. The van der Waals surface area contributed by atoms with Gasteiger partial charge in [0.25, 0.3) is 0 Å². The fourth-order valence-corrected chi connectivity index (χ4v) is 1.81. The number of rotatable bonds is 1. The van der Waals surface area contributed by atoms with Crippen LogP contribution >= 0.6 is 0 Å². The van der Waals surface area contributed by atoms with Crippen molar-refractivity contribution in [1.29, 1.82) is 0 Å². The van der Waals surface area contributed by atoms with Crippen LogP contribution in [0.3, 0.4) is 0 Å². The summed E-state index contributed by atoms with van der Waals surface area (Å²) in [5.41, 5.74) is 0. The smallest absolute Gasteiger partial charge is 0.184 e. The van der Waals surface area contributed by atoms with Crippen LogP contribution in [0.1, 0.15) is 13.8 Å². The molecule has 0 aromatic carbocycles. The predicted molar refractivity (Wildman–Crippen MR) is 41.8 cm³/mol. The van der Waals surface area contributed by atoms with E-state index in [4.69, 9.17) is 19.3 Å². The molecule has 2 saturated heterocycles. The van der Waals surface area contributed by atoms with Crippen molar-refractivity contribution in [3.63, 3.8) is 0 Å². The minimum atomic E-state index is -0.996. The van der Waals surface area contributed by atoms with E-state index in [1.54, 1.807) is 13.8 Å². The molecular weight excluding hydrogens is 176 g/mol. The maximum Gasteiger partial charge on any atom is 0.184 e. The van der Waals surface area contributed by atoms with E-state index in [0.29, 0.717) is 0 Å². The van der Waals surface area contributed by atoms with Crippen molar-refractivity contribution in [1.82, 2.24) is 0 Å². The van der Waals surface area contributed by atoms with E-state index < -0.39 is 24.3 Å². The third kappa shape index (κ3) is 1.47. The third-order valence-electron chi connectivity index (χ3n) is 2.31. The summed E-state index contributed by atoms with van der Waals surface area (Å²) in [6.07, 6.45) is -2.33. The molecule has 0 radical (unpaired) electrons. The average molecular weight is 190 g/mol. The molecule has 0 amide bonds. The maximum atomic E-state index is 9.39. The molecule has 0 bridgehead atoms. The molecule has 2 aliphatic rings. The molecule has 5 heteroatoms. The van der Waals surface area contributed by atoms with Gasteiger partial charge in [0.1, 0.15) is 18.3 Å². The molecule has 2 aliphatic heterocycles. The van der Waals surface area contributed by atoms with Crippen molar-refractivity contribution in [3.05, 3.63) is 0 Å². The molecule has 0 saturated carbocycles. The molecule has 5 nitrogen and oxygen atoms in total. The van der Waals surface area contributed by atoms with Crippen LogP contribution in [0.4, 0.5) is 0 Å². The summed E-state index contributed by atoms with van der Waals surface area (Å²) >= 11 is 0. The molecule has 2 N–H and O–H groups in total. The molecule has 2 fully saturated rings. The second kappa shape index (κ2) is 2.90. The summed E-state index contributed by atoms with van der Waals surface area (Å²) in [6, 6.07) is 0. The Hall–Kier alpha value is -0.200. The van der Waals surface area contributed by atoms with E-state index in [2.05, 4.69) is 0 Å². The van der Waals surface area contributed by atoms with E-state index in [1.807, 2.05) is 0 Å². The summed E-state index contributed by atoms with van der Waals surface area (Å²) in [7, 11) is 0. The van der Waals surface area contributed by atoms with Crippen LogP contribution in [0.2, 0.25) is 0 Å². The first-order valence-corrected chi connectivity index (χ1v) is 4.33. The Morgan fingerprint density at radius 1 is 1.23 bits per heavy atom. The number of ether oxygens (including phenoxy) is 3. The lowest BCUT2D eigenvalue weighted by Crippen LogP contribution is -2.31. The van der Waals surface area contributed by atoms with Gasteiger partial charge in [-0.25, -0.2) is 0 Å². The Labute approximate surface area is 76.2 Å². The van der Waals surface area contributed by atoms with Crippen LogP contribution in [0.25, 0.3) is 0 Å². The predicted octanol–water partition coefficient (Wildman–Crippen LogP) is -0.784. The molecule has 4 atom stereocenters. The van der Waals surface area contributed by atoms with Gasteiger partial charge >= 0.3 is 0 Å². The molecule has 0 spiro atoms. The van der Waals surface area contributed by atoms with Crippen LogP contribution < -0.4 is 0 Å². The molecule has 0 aliphatic carbocycles. The highest BCUT2D eigenvalue weighted by Gasteiger charge is 2.54. The summed E-state index contributed by atoms with van der Waals surface area (Å²) in [6.45, 7) is 3.37. The van der Waals surface area contributed by atoms with Crippen LogP contribution in [0, 0.1) is 0 Å². The van der Waals surface area contributed by atoms with Crippen molar-refractivity contribution in [3.8, 4) is 0 Å². The first-order chi connectivity index (χ1) is 6.03. The van der Waals surface area contributed by atoms with E-state index in [0.717, 1.165) is 0 Å². The summed E-state index contributed by atoms with van der Waals surface area (Å²) in [5.74, 6) is -0.701. The largest absolute Gasteiger partial charge is 0.394 e. The van der Waals surface area contributed by atoms with Crippen molar-refractivity contribution in [2.45, 2.75) is 44.2 Å². The van der Waals surface area contributed by atoms with Crippen LogP contribution in [-0.2, 0) is 14.2 Å². The van der Waals surface area contributed by atoms with Gasteiger partial charge in [0.05, 0.1) is 6.61 Å². The van der Waals surface area contributed by atoms with Crippen LogP contribution in [0.5, 0.6) is 0 Å². The van der Waals surface area contributed by atoms with Gasteiger partial charge in [-0.2, -0.15) is 0 Å². The summed E-state index contributed by atoms with van der Waals surface area (Å²) in [5, 5.41) is 18.3. The highest BCUT2D eigenvalue weighted by atomic mass is 16.8. The SMILES string of the molecule is CC1(C)OC2[C@@H](O1)C(O)O[C@@H]2CO. The highest BCUT2D eigenvalue weighted by Crippen LogP contribution is 2.37. The van der Waals surface area contributed by atoms with E-state index in [9.17, 15) is 5.11 Å². The van der Waals surface area contributed by atoms with Gasteiger partial charge < -0.3 is 24.4 Å². The lowest BCUT2D eigenvalue weighted by molar-refractivity contribution is -0.223. The molecule has 2 unspecified atom stereocenters. The first kappa shape index (κ1) is 9.36. The fraction of sp³-hybridized carbons (Fsp3) is 1.00. The number of fused-ring (bicyclic) bond motifs is 1. The van der Waals surface area contributed by atoms with Crippen molar-refractivity contribution in [2.24, 2.45) is 0 Å². The first-order valence-electron chi connectivity index (χ1n) is 4.33. The summed E-state index contributed by atoms with van der Waals surface area (Å²) in [4.78, 5) is 0. The van der Waals surface area contributed by atoms with Gasteiger partial charge in [0.15, 0.2) is 12.1 Å². The zero-order valence-electron chi connectivity index (χ0n) is 7.64. The fourth-order valence-electron chi connectivity index (χ4n) is 1.81. The number of aliphatic hydroxyl groups excluding tert-OH is 2. The lowest BCUT2D eigenvalue weighted by Gasteiger charge is -2.21.